The van der Waals surface area contributed by atoms with Crippen molar-refractivity contribution in [3.8, 4) is 0 Å². The zero-order valence-corrected chi connectivity index (χ0v) is 17.3. The number of imidazole rings is 1. The van der Waals surface area contributed by atoms with Gasteiger partial charge in [0, 0.05) is 7.11 Å². The van der Waals surface area contributed by atoms with E-state index in [1.165, 1.54) is 0 Å². The Morgan fingerprint density at radius 1 is 1.30 bits per heavy atom. The standard InChI is InChI=1S/C14H25N4O11P/c1-7(2)29-14(22)26-6-28-30(23,24)27-4-8(25-3)10(19)13(21)18-5-17-9(11(18)15)12(16)20/h5,7-8,10,13,19,21H,4,6,15H2,1-3H3,(H2,16,20)(H,23,24)/t8-,10-,13-/m1/s1. The van der Waals surface area contributed by atoms with Crippen LogP contribution in [0.25, 0.3) is 0 Å². The van der Waals surface area contributed by atoms with Crippen molar-refractivity contribution < 1.29 is 52.5 Å². The lowest BCUT2D eigenvalue weighted by atomic mass is 10.2. The van der Waals surface area contributed by atoms with Gasteiger partial charge >= 0.3 is 14.0 Å². The number of rotatable bonds is 12. The topological polar surface area (TPSA) is 228 Å². The van der Waals surface area contributed by atoms with E-state index >= 15 is 0 Å². The maximum Gasteiger partial charge on any atom is 0.510 e. The third kappa shape index (κ3) is 7.53. The van der Waals surface area contributed by atoms with E-state index in [1.54, 1.807) is 13.8 Å². The molecule has 172 valence electrons. The van der Waals surface area contributed by atoms with E-state index in [-0.39, 0.29) is 11.5 Å². The smallest absolute Gasteiger partial charge is 0.432 e. The summed E-state index contributed by atoms with van der Waals surface area (Å²) in [6.07, 6.45) is -5.49. The predicted molar refractivity (Wildman–Crippen MR) is 97.6 cm³/mol. The molecule has 16 heteroatoms. The minimum absolute atomic E-state index is 0.314. The number of anilines is 1. The highest BCUT2D eigenvalue weighted by atomic mass is 31.2. The first-order chi connectivity index (χ1) is 13.9. The predicted octanol–water partition coefficient (Wildman–Crippen LogP) is -0.916. The van der Waals surface area contributed by atoms with Crippen LogP contribution >= 0.6 is 7.82 Å². The lowest BCUT2D eigenvalue weighted by Gasteiger charge is -2.27. The van der Waals surface area contributed by atoms with Gasteiger partial charge in [-0.3, -0.25) is 13.9 Å². The summed E-state index contributed by atoms with van der Waals surface area (Å²) < 4.78 is 35.7. The van der Waals surface area contributed by atoms with Gasteiger partial charge in [-0.2, -0.15) is 0 Å². The Kier molecular flexibility index (Phi) is 9.64. The summed E-state index contributed by atoms with van der Waals surface area (Å²) in [4.78, 5) is 35.5. The molecule has 1 aromatic heterocycles. The molecule has 0 aliphatic rings. The Bertz CT molecular complexity index is 771. The number of nitrogens with zero attached hydrogens (tertiary/aromatic N) is 2. The summed E-state index contributed by atoms with van der Waals surface area (Å²) in [6, 6.07) is 0. The van der Waals surface area contributed by atoms with Gasteiger partial charge in [0.2, 0.25) is 6.79 Å². The van der Waals surface area contributed by atoms with Gasteiger partial charge in [0.15, 0.2) is 11.9 Å². The second-order valence-corrected chi connectivity index (χ2v) is 7.45. The molecule has 0 aromatic carbocycles. The van der Waals surface area contributed by atoms with Crippen LogP contribution in [0.5, 0.6) is 0 Å². The minimum atomic E-state index is -4.72. The monoisotopic (exact) mass is 456 g/mol. The SMILES string of the molecule is CO[C@H](COP(=O)(O)OCOC(=O)OC(C)C)[C@@H](O)[C@@H](O)n1cnc(C(N)=O)c1N. The van der Waals surface area contributed by atoms with Gasteiger partial charge in [-0.15, -0.1) is 0 Å². The number of hydrogen-bond donors (Lipinski definition) is 5. The Labute approximate surface area is 171 Å². The number of nitrogen functional groups attached to an aromatic ring is 1. The van der Waals surface area contributed by atoms with Gasteiger partial charge in [0.1, 0.15) is 18.0 Å². The first-order valence-corrected chi connectivity index (χ1v) is 9.85. The lowest BCUT2D eigenvalue weighted by Crippen LogP contribution is -2.39. The van der Waals surface area contributed by atoms with Gasteiger partial charge in [-0.25, -0.2) is 18.9 Å². The zero-order valence-electron chi connectivity index (χ0n) is 16.4. The van der Waals surface area contributed by atoms with Crippen LogP contribution in [0.3, 0.4) is 0 Å². The molecule has 0 saturated heterocycles. The number of carbonyl (C=O) groups is 2. The first kappa shape index (κ1) is 25.8. The lowest BCUT2D eigenvalue weighted by molar-refractivity contribution is -0.116. The Balaban J connectivity index is 2.64. The van der Waals surface area contributed by atoms with Crippen LogP contribution in [0, 0.1) is 0 Å². The number of phosphoric ester groups is 1. The minimum Gasteiger partial charge on any atom is -0.432 e. The van der Waals surface area contributed by atoms with Crippen LogP contribution in [0.15, 0.2) is 6.33 Å². The molecule has 30 heavy (non-hydrogen) atoms. The molecular formula is C14H25N4O11P. The quantitative estimate of drug-likeness (QED) is 0.146. The molecule has 0 aliphatic heterocycles. The number of hydrogen-bond acceptors (Lipinski definition) is 12. The van der Waals surface area contributed by atoms with Gasteiger partial charge < -0.3 is 40.8 Å². The third-order valence-corrected chi connectivity index (χ3v) is 4.37. The summed E-state index contributed by atoms with van der Waals surface area (Å²) in [6.45, 7) is 1.47. The molecule has 0 aliphatic carbocycles. The van der Waals surface area contributed by atoms with Gasteiger partial charge in [-0.05, 0) is 13.8 Å². The Hall–Kier alpha value is -2.26. The van der Waals surface area contributed by atoms with Crippen LogP contribution < -0.4 is 11.5 Å². The average molecular weight is 456 g/mol. The molecule has 0 spiro atoms. The van der Waals surface area contributed by atoms with E-state index in [2.05, 4.69) is 23.5 Å². The van der Waals surface area contributed by atoms with E-state index in [1.807, 2.05) is 0 Å². The highest BCUT2D eigenvalue weighted by Gasteiger charge is 2.33. The van der Waals surface area contributed by atoms with Crippen molar-refractivity contribution in [1.82, 2.24) is 9.55 Å². The number of methoxy groups -OCH3 is 1. The van der Waals surface area contributed by atoms with Crippen LogP contribution in [-0.2, 0) is 27.8 Å². The molecule has 15 nitrogen and oxygen atoms in total. The van der Waals surface area contributed by atoms with E-state index < -0.39 is 57.8 Å². The second kappa shape index (κ2) is 11.2. The number of nitrogens with two attached hydrogens (primary N) is 2. The molecular weight excluding hydrogens is 431 g/mol. The summed E-state index contributed by atoms with van der Waals surface area (Å²) in [5, 5.41) is 20.5. The van der Waals surface area contributed by atoms with E-state index in [0.717, 1.165) is 18.0 Å². The maximum absolute atomic E-state index is 11.8. The normalized spacial score (nSPS) is 16.5. The van der Waals surface area contributed by atoms with Crippen LogP contribution in [0.4, 0.5) is 10.6 Å². The number of carbonyl (C=O) groups excluding carboxylic acids is 2. The highest BCUT2D eigenvalue weighted by Crippen LogP contribution is 2.43. The van der Waals surface area contributed by atoms with E-state index in [0.29, 0.717) is 0 Å². The summed E-state index contributed by atoms with van der Waals surface area (Å²) >= 11 is 0. The molecule has 0 saturated carbocycles. The molecule has 4 atom stereocenters. The summed E-state index contributed by atoms with van der Waals surface area (Å²) in [5.74, 6) is -1.26. The number of amides is 1. The first-order valence-electron chi connectivity index (χ1n) is 8.36. The van der Waals surface area contributed by atoms with Gasteiger partial charge in [0.05, 0.1) is 19.0 Å². The zero-order chi connectivity index (χ0) is 23.1. The number of aliphatic hydroxyl groups is 2. The Morgan fingerprint density at radius 3 is 2.43 bits per heavy atom. The number of aliphatic hydroxyl groups excluding tert-OH is 2. The van der Waals surface area contributed by atoms with E-state index in [4.69, 9.17) is 16.2 Å². The average Bonchev–Trinajstić information content (AvgIpc) is 3.02. The maximum atomic E-state index is 11.8. The highest BCUT2D eigenvalue weighted by molar-refractivity contribution is 7.47. The molecule has 1 unspecified atom stereocenters. The molecule has 0 radical (unpaired) electrons. The largest absolute Gasteiger partial charge is 0.510 e. The van der Waals surface area contributed by atoms with Crippen molar-refractivity contribution in [2.24, 2.45) is 5.73 Å². The molecule has 1 aromatic rings. The van der Waals surface area contributed by atoms with Crippen LogP contribution in [0.2, 0.25) is 0 Å². The van der Waals surface area contributed by atoms with Crippen LogP contribution in [0.1, 0.15) is 30.6 Å². The number of phosphoric acid groups is 1. The molecule has 1 amide bonds. The van der Waals surface area contributed by atoms with Gasteiger partial charge in [0.25, 0.3) is 5.91 Å². The second-order valence-electron chi connectivity index (χ2n) is 6.00. The molecule has 0 fully saturated rings. The van der Waals surface area contributed by atoms with Crippen molar-refractivity contribution in [3.63, 3.8) is 0 Å². The van der Waals surface area contributed by atoms with Crippen molar-refractivity contribution >= 4 is 25.7 Å². The van der Waals surface area contributed by atoms with Crippen molar-refractivity contribution in [2.75, 3.05) is 26.2 Å². The fraction of sp³-hybridized carbons (Fsp3) is 0.643. The number of aromatic nitrogens is 2. The number of ether oxygens (including phenoxy) is 3. The van der Waals surface area contributed by atoms with E-state index in [9.17, 15) is 29.3 Å². The fourth-order valence-corrected chi connectivity index (χ4v) is 2.60. The summed E-state index contributed by atoms with van der Waals surface area (Å²) in [7, 11) is -3.59. The summed E-state index contributed by atoms with van der Waals surface area (Å²) in [5.41, 5.74) is 10.4. The van der Waals surface area contributed by atoms with Crippen LogP contribution in [-0.4, -0.2) is 75.5 Å². The molecule has 1 heterocycles. The van der Waals surface area contributed by atoms with Crippen molar-refractivity contribution in [2.45, 2.75) is 38.4 Å². The van der Waals surface area contributed by atoms with Crippen molar-refractivity contribution in [3.05, 3.63) is 12.0 Å². The molecule has 1 rings (SSSR count). The number of primary amides is 1. The van der Waals surface area contributed by atoms with Gasteiger partial charge in [-0.1, -0.05) is 0 Å². The third-order valence-electron chi connectivity index (χ3n) is 3.47. The van der Waals surface area contributed by atoms with Crippen molar-refractivity contribution in [1.29, 1.82) is 0 Å². The fourth-order valence-electron chi connectivity index (χ4n) is 2.01. The molecule has 0 bridgehead atoms. The molecule has 7 N–H and O–H groups in total. The Morgan fingerprint density at radius 2 is 1.93 bits per heavy atom.